The number of likely N-dealkylation sites (N-methyl/N-ethyl adjacent to an activating group) is 1. The molecular weight excluding hydrogens is 1140 g/mol. The Balaban J connectivity index is 1.04. The van der Waals surface area contributed by atoms with Crippen molar-refractivity contribution in [2.45, 2.75) is 25.8 Å². The fraction of sp³-hybridized carbons (Fsp3) is 0.255. The third-order valence-corrected chi connectivity index (χ3v) is 18.5. The normalized spacial score (nSPS) is 14.1. The van der Waals surface area contributed by atoms with Crippen LogP contribution in [-0.4, -0.2) is 110 Å². The van der Waals surface area contributed by atoms with E-state index in [2.05, 4.69) is 62.1 Å². The minimum atomic E-state index is -3.02. The van der Waals surface area contributed by atoms with E-state index in [1.807, 2.05) is 104 Å². The summed E-state index contributed by atoms with van der Waals surface area (Å²) in [5.74, 6) is 1.93. The van der Waals surface area contributed by atoms with Crippen LogP contribution in [0.5, 0.6) is 11.5 Å². The molecule has 25 heteroatoms. The Kier molecular flexibility index (Phi) is 14.2. The van der Waals surface area contributed by atoms with Gasteiger partial charge in [-0.25, -0.2) is 9.97 Å². The highest BCUT2D eigenvalue weighted by molar-refractivity contribution is 9.10. The summed E-state index contributed by atoms with van der Waals surface area (Å²) in [6.45, 7) is 8.85. The molecule has 1 atom stereocenters. The fourth-order valence-electron chi connectivity index (χ4n) is 10.5. The molecule has 2 aliphatic heterocycles. The molecule has 0 radical (unpaired) electrons. The molecule has 1 unspecified atom stereocenters. The maximum Gasteiger partial charge on any atom is 0.229 e. The SMILES string of the molecule is COc1cc2c(cc1Nc1ncc(Cl)c(Nc3ccccc3P(C)(C)=O)n1)-c1cnn(C)c1CC(c1nc(Nc3cc4c(cc3OC)N(C(C)=O)CCc3c-4cnn3C)nc(Nc3ccc4nccnc4c3P(C)(C)=O)c1Br)N2C. The minimum absolute atomic E-state index is 0.104. The van der Waals surface area contributed by atoms with Crippen LogP contribution in [0, 0.1) is 0 Å². The molecule has 9 aromatic rings. The number of amides is 1. The molecular formula is C55H56BrClN16O5P2. The molecule has 0 spiro atoms. The monoisotopic (exact) mass is 1200 g/mol. The lowest BCUT2D eigenvalue weighted by molar-refractivity contribution is -0.116. The van der Waals surface area contributed by atoms with Gasteiger partial charge in [0.25, 0.3) is 0 Å². The second-order valence-electron chi connectivity index (χ2n) is 20.2. The number of nitrogens with zero attached hydrogens (tertiary/aromatic N) is 12. The number of fused-ring (bicyclic) bond motifs is 7. The number of hydrogen-bond donors (Lipinski definition) is 4. The van der Waals surface area contributed by atoms with Crippen molar-refractivity contribution in [3.63, 3.8) is 0 Å². The van der Waals surface area contributed by atoms with Crippen molar-refractivity contribution in [1.29, 1.82) is 0 Å². The second kappa shape index (κ2) is 21.0. The van der Waals surface area contributed by atoms with Gasteiger partial charge in [0.2, 0.25) is 17.8 Å². The molecule has 0 saturated carbocycles. The number of aryl methyl sites for hydroxylation is 2. The minimum Gasteiger partial charge on any atom is -0.494 e. The first-order valence-corrected chi connectivity index (χ1v) is 31.7. The molecule has 5 aromatic heterocycles. The van der Waals surface area contributed by atoms with Crippen LogP contribution in [0.15, 0.2) is 96.1 Å². The van der Waals surface area contributed by atoms with Gasteiger partial charge in [0.1, 0.15) is 36.3 Å². The molecule has 0 fully saturated rings. The Bertz CT molecular complexity index is 4090. The standard InChI is InChI=1S/C55H56BrClN16O5P2/c1-29(74)73-20-17-40-32(26-61-71(40)3)31-22-39(46(78-6)25-43(31)73)66-55-67-50(48(56)53(69-55)64-37-16-15-36-49(59-19-18-58-36)51(37)80(9,10)76)44-23-42-33(27-62-72(42)4)30-21-38(45(77-5)24-41(30)70(44)2)65-54-60-28-34(57)52(68-54)63-35-13-11-12-14-47(35)79(7,8)75/h11-16,18-19,21-22,24-28,44H,17,20,23H2,1-10H3,(H2,60,63,65,68)(H2,64,66,67,69). The van der Waals surface area contributed by atoms with E-state index in [0.717, 1.165) is 39.3 Å². The second-order valence-corrected chi connectivity index (χ2v) is 27.8. The molecule has 4 aromatic carbocycles. The van der Waals surface area contributed by atoms with Crippen LogP contribution in [0.25, 0.3) is 33.3 Å². The van der Waals surface area contributed by atoms with Crippen molar-refractivity contribution in [2.75, 3.05) is 85.5 Å². The number of carbonyl (C=O) groups excluding carboxylic acids is 1. The molecule has 21 nitrogen and oxygen atoms in total. The first-order valence-electron chi connectivity index (χ1n) is 25.3. The van der Waals surface area contributed by atoms with E-state index >= 15 is 0 Å². The van der Waals surface area contributed by atoms with E-state index in [1.165, 1.54) is 6.20 Å². The van der Waals surface area contributed by atoms with Crippen molar-refractivity contribution < 1.29 is 23.4 Å². The highest BCUT2D eigenvalue weighted by atomic mass is 79.9. The van der Waals surface area contributed by atoms with Gasteiger partial charge < -0.3 is 49.7 Å². The Labute approximate surface area is 474 Å². The molecule has 4 N–H and O–H groups in total. The van der Waals surface area contributed by atoms with Crippen LogP contribution in [-0.2, 0) is 40.9 Å². The summed E-state index contributed by atoms with van der Waals surface area (Å²) in [5.41, 5.74) is 10.7. The number of ether oxygens (including phenoxy) is 2. The van der Waals surface area contributed by atoms with Crippen molar-refractivity contribution in [3.8, 4) is 33.8 Å². The molecule has 11 rings (SSSR count). The average Bonchev–Trinajstić information content (AvgIpc) is 3.91. The Hall–Kier alpha value is -7.90. The summed E-state index contributed by atoms with van der Waals surface area (Å²) in [4.78, 5) is 46.1. The van der Waals surface area contributed by atoms with Crippen LogP contribution in [0.3, 0.4) is 0 Å². The number of methoxy groups -OCH3 is 2. The van der Waals surface area contributed by atoms with Gasteiger partial charge in [-0.3, -0.25) is 24.1 Å². The average molecular weight is 1200 g/mol. The van der Waals surface area contributed by atoms with E-state index in [-0.39, 0.29) is 22.8 Å². The van der Waals surface area contributed by atoms with E-state index in [1.54, 1.807) is 65.1 Å². The van der Waals surface area contributed by atoms with Crippen molar-refractivity contribution >= 4 is 127 Å². The number of hydrogen-bond acceptors (Lipinski definition) is 18. The molecule has 7 heterocycles. The zero-order chi connectivity index (χ0) is 56.5. The molecule has 80 heavy (non-hydrogen) atoms. The molecule has 410 valence electrons. The van der Waals surface area contributed by atoms with Crippen LogP contribution < -0.4 is 51.1 Å². The van der Waals surface area contributed by atoms with Gasteiger partial charge >= 0.3 is 0 Å². The van der Waals surface area contributed by atoms with Gasteiger partial charge in [-0.15, -0.1) is 0 Å². The van der Waals surface area contributed by atoms with Gasteiger partial charge in [0.15, 0.2) is 11.6 Å². The summed E-state index contributed by atoms with van der Waals surface area (Å²) >= 11 is 10.7. The number of benzene rings is 4. The molecule has 0 bridgehead atoms. The van der Waals surface area contributed by atoms with E-state index < -0.39 is 20.3 Å². The Morgan fingerprint density at radius 1 is 0.688 bits per heavy atom. The predicted octanol–water partition coefficient (Wildman–Crippen LogP) is 10.6. The van der Waals surface area contributed by atoms with Gasteiger partial charge in [-0.2, -0.15) is 20.2 Å². The predicted molar refractivity (Wildman–Crippen MR) is 321 cm³/mol. The Morgan fingerprint density at radius 3 is 2.00 bits per heavy atom. The van der Waals surface area contributed by atoms with E-state index in [9.17, 15) is 13.9 Å². The van der Waals surface area contributed by atoms with Gasteiger partial charge in [0.05, 0.1) is 88.3 Å². The summed E-state index contributed by atoms with van der Waals surface area (Å²) in [7, 11) is 3.29. The van der Waals surface area contributed by atoms with Gasteiger partial charge in [-0.05, 0) is 79.0 Å². The molecule has 0 saturated heterocycles. The maximum atomic E-state index is 14.3. The van der Waals surface area contributed by atoms with Crippen LogP contribution in [0.1, 0.15) is 30.0 Å². The number of carbonyl (C=O) groups is 1. The smallest absolute Gasteiger partial charge is 0.229 e. The molecule has 2 aliphatic rings. The first kappa shape index (κ1) is 54.1. The van der Waals surface area contributed by atoms with E-state index in [4.69, 9.17) is 41.1 Å². The number of anilines is 10. The largest absolute Gasteiger partial charge is 0.494 e. The molecule has 0 aliphatic carbocycles. The number of halogens is 2. The number of para-hydroxylation sites is 1. The molecule has 1 amide bonds. The summed E-state index contributed by atoms with van der Waals surface area (Å²) in [6.07, 6.45) is 9.37. The van der Waals surface area contributed by atoms with E-state index in [0.29, 0.717) is 103 Å². The lowest BCUT2D eigenvalue weighted by Crippen LogP contribution is -2.30. The van der Waals surface area contributed by atoms with Gasteiger partial charge in [0, 0.05) is 117 Å². The van der Waals surface area contributed by atoms with Crippen LogP contribution >= 0.6 is 41.8 Å². The summed E-state index contributed by atoms with van der Waals surface area (Å²) < 4.78 is 44.0. The summed E-state index contributed by atoms with van der Waals surface area (Å²) in [5, 5.41) is 24.6. The highest BCUT2D eigenvalue weighted by Gasteiger charge is 2.35. The van der Waals surface area contributed by atoms with Crippen molar-refractivity contribution in [1.82, 2.24) is 49.5 Å². The van der Waals surface area contributed by atoms with Crippen molar-refractivity contribution in [3.05, 3.63) is 118 Å². The quantitative estimate of drug-likeness (QED) is 0.0785. The maximum absolute atomic E-state index is 14.3. The fourth-order valence-corrected chi connectivity index (χ4v) is 13.7. The topological polar surface area (TPSA) is 237 Å². The first-order chi connectivity index (χ1) is 38.2. The third kappa shape index (κ3) is 9.98. The zero-order valence-electron chi connectivity index (χ0n) is 45.4. The highest BCUT2D eigenvalue weighted by Crippen LogP contribution is 2.50. The third-order valence-electron chi connectivity index (χ3n) is 14.4. The number of rotatable bonds is 13. The van der Waals surface area contributed by atoms with Gasteiger partial charge in [-0.1, -0.05) is 23.7 Å². The number of nitrogens with one attached hydrogen (secondary N) is 4. The van der Waals surface area contributed by atoms with Crippen molar-refractivity contribution in [2.24, 2.45) is 14.1 Å². The van der Waals surface area contributed by atoms with Crippen LogP contribution in [0.4, 0.5) is 57.7 Å². The Morgan fingerprint density at radius 2 is 1.31 bits per heavy atom. The lowest BCUT2D eigenvalue weighted by atomic mass is 10.0. The summed E-state index contributed by atoms with van der Waals surface area (Å²) in [6, 6.07) is 18.3. The lowest BCUT2D eigenvalue weighted by Gasteiger charge is -2.31. The zero-order valence-corrected chi connectivity index (χ0v) is 49.5. The van der Waals surface area contributed by atoms with Crippen LogP contribution in [0.2, 0.25) is 5.02 Å². The number of aromatic nitrogens is 10.